The van der Waals surface area contributed by atoms with E-state index in [0.717, 1.165) is 39.0 Å². The Morgan fingerprint density at radius 3 is 2.50 bits per heavy atom. The molecule has 2 fully saturated rings. The Kier molecular flexibility index (Phi) is 6.43. The molecule has 0 atom stereocenters. The summed E-state index contributed by atoms with van der Waals surface area (Å²) in [6.07, 6.45) is 3.32. The Balaban J connectivity index is 0.00000225. The predicted molar refractivity (Wildman–Crippen MR) is 116 cm³/mol. The minimum atomic E-state index is -0.0834. The number of hydrogen-bond donors (Lipinski definition) is 1. The first-order valence-corrected chi connectivity index (χ1v) is 10.4. The van der Waals surface area contributed by atoms with Crippen LogP contribution in [0.15, 0.2) is 41.8 Å². The van der Waals surface area contributed by atoms with Crippen LogP contribution >= 0.6 is 23.7 Å². The van der Waals surface area contributed by atoms with Gasteiger partial charge in [0.25, 0.3) is 11.8 Å². The van der Waals surface area contributed by atoms with Gasteiger partial charge in [0.1, 0.15) is 0 Å². The number of para-hydroxylation sites is 1. The molecule has 150 valence electrons. The third-order valence-electron chi connectivity index (χ3n) is 5.98. The van der Waals surface area contributed by atoms with Gasteiger partial charge in [-0.2, -0.15) is 0 Å². The van der Waals surface area contributed by atoms with Crippen molar-refractivity contribution in [1.29, 1.82) is 0 Å². The van der Waals surface area contributed by atoms with Gasteiger partial charge in [-0.1, -0.05) is 18.2 Å². The summed E-state index contributed by atoms with van der Waals surface area (Å²) in [5, 5.41) is 5.35. The largest absolute Gasteiger partial charge is 0.339 e. The average Bonchev–Trinajstić information content (AvgIpc) is 3.40. The Hall–Kier alpha value is -1.89. The van der Waals surface area contributed by atoms with E-state index < -0.39 is 0 Å². The second-order valence-corrected chi connectivity index (χ2v) is 8.53. The van der Waals surface area contributed by atoms with Gasteiger partial charge < -0.3 is 15.1 Å². The zero-order chi connectivity index (χ0) is 18.9. The number of nitrogens with one attached hydrogen (secondary N) is 1. The molecule has 0 unspecified atom stereocenters. The van der Waals surface area contributed by atoms with Crippen molar-refractivity contribution in [3.8, 4) is 0 Å². The Labute approximate surface area is 176 Å². The van der Waals surface area contributed by atoms with Crippen molar-refractivity contribution in [1.82, 2.24) is 10.2 Å². The number of piperidine rings is 1. The molecule has 4 rings (SSSR count). The molecule has 1 aromatic heterocycles. The highest BCUT2D eigenvalue weighted by atomic mass is 35.5. The molecular weight excluding hydrogens is 394 g/mol. The summed E-state index contributed by atoms with van der Waals surface area (Å²) in [5.74, 6) is -0.0582. The first-order valence-electron chi connectivity index (χ1n) is 9.50. The normalized spacial score (nSPS) is 18.0. The lowest BCUT2D eigenvalue weighted by Gasteiger charge is -2.39. The van der Waals surface area contributed by atoms with Crippen molar-refractivity contribution in [2.45, 2.75) is 19.3 Å². The second kappa shape index (κ2) is 8.64. The first kappa shape index (κ1) is 20.8. The van der Waals surface area contributed by atoms with E-state index >= 15 is 0 Å². The zero-order valence-corrected chi connectivity index (χ0v) is 17.7. The standard InChI is InChI=1S/C21H25N3O2S.ClH/c1-23(20(26)18-7-4-14-27-18)17-6-3-2-5-16(17)19(25)24-12-9-21(10-13-24)8-11-22-15-21;/h2-7,14,22H,8-13,15H2,1H3;1H. The predicted octanol–water partition coefficient (Wildman–Crippen LogP) is 3.66. The molecule has 2 amide bonds. The van der Waals surface area contributed by atoms with Crippen LogP contribution in [0.2, 0.25) is 0 Å². The molecule has 2 aromatic rings. The summed E-state index contributed by atoms with van der Waals surface area (Å²) >= 11 is 1.41. The van der Waals surface area contributed by atoms with E-state index in [9.17, 15) is 9.59 Å². The van der Waals surface area contributed by atoms with Crippen LogP contribution in [0.4, 0.5) is 5.69 Å². The van der Waals surface area contributed by atoms with Crippen molar-refractivity contribution < 1.29 is 9.59 Å². The SMILES string of the molecule is CN(C(=O)c1cccs1)c1ccccc1C(=O)N1CCC2(CCNC2)CC1.Cl. The number of benzene rings is 1. The molecule has 1 N–H and O–H groups in total. The minimum Gasteiger partial charge on any atom is -0.339 e. The lowest BCUT2D eigenvalue weighted by Crippen LogP contribution is -2.44. The summed E-state index contributed by atoms with van der Waals surface area (Å²) in [4.78, 5) is 30.2. The fraction of sp³-hybridized carbons (Fsp3) is 0.429. The molecule has 7 heteroatoms. The molecule has 3 heterocycles. The van der Waals surface area contributed by atoms with Gasteiger partial charge in [0, 0.05) is 26.7 Å². The van der Waals surface area contributed by atoms with Crippen molar-refractivity contribution in [3.63, 3.8) is 0 Å². The molecule has 0 radical (unpaired) electrons. The molecule has 0 aliphatic carbocycles. The number of nitrogens with zero attached hydrogens (tertiary/aromatic N) is 2. The van der Waals surface area contributed by atoms with Gasteiger partial charge >= 0.3 is 0 Å². The fourth-order valence-electron chi connectivity index (χ4n) is 4.20. The highest BCUT2D eigenvalue weighted by Gasteiger charge is 2.38. The van der Waals surface area contributed by atoms with Gasteiger partial charge in [0.05, 0.1) is 16.1 Å². The number of likely N-dealkylation sites (tertiary alicyclic amines) is 1. The molecule has 5 nitrogen and oxygen atoms in total. The molecule has 2 aliphatic heterocycles. The number of anilines is 1. The van der Waals surface area contributed by atoms with Crippen LogP contribution in [-0.2, 0) is 0 Å². The smallest absolute Gasteiger partial charge is 0.268 e. The number of carbonyl (C=O) groups is 2. The van der Waals surface area contributed by atoms with Crippen LogP contribution in [0, 0.1) is 5.41 Å². The lowest BCUT2D eigenvalue weighted by atomic mass is 9.78. The molecule has 28 heavy (non-hydrogen) atoms. The van der Waals surface area contributed by atoms with Crippen LogP contribution in [0.25, 0.3) is 0 Å². The van der Waals surface area contributed by atoms with Gasteiger partial charge in [-0.05, 0) is 54.8 Å². The summed E-state index contributed by atoms with van der Waals surface area (Å²) in [5.41, 5.74) is 1.65. The van der Waals surface area contributed by atoms with Crippen molar-refractivity contribution >= 4 is 41.2 Å². The second-order valence-electron chi connectivity index (χ2n) is 7.58. The Morgan fingerprint density at radius 2 is 1.86 bits per heavy atom. The maximum Gasteiger partial charge on any atom is 0.268 e. The Bertz CT molecular complexity index is 824. The van der Waals surface area contributed by atoms with Gasteiger partial charge in [0.15, 0.2) is 0 Å². The highest BCUT2D eigenvalue weighted by molar-refractivity contribution is 7.12. The summed E-state index contributed by atoms with van der Waals surface area (Å²) in [7, 11) is 1.74. The molecular formula is C21H26ClN3O2S. The van der Waals surface area contributed by atoms with E-state index in [4.69, 9.17) is 0 Å². The zero-order valence-electron chi connectivity index (χ0n) is 16.0. The summed E-state index contributed by atoms with van der Waals surface area (Å²) in [6, 6.07) is 11.1. The fourth-order valence-corrected chi connectivity index (χ4v) is 4.90. The molecule has 0 bridgehead atoms. The maximum absolute atomic E-state index is 13.2. The maximum atomic E-state index is 13.2. The minimum absolute atomic E-state index is 0. The lowest BCUT2D eigenvalue weighted by molar-refractivity contribution is 0.0608. The van der Waals surface area contributed by atoms with E-state index in [1.54, 1.807) is 11.9 Å². The van der Waals surface area contributed by atoms with Crippen molar-refractivity contribution in [2.24, 2.45) is 5.41 Å². The van der Waals surface area contributed by atoms with Crippen LogP contribution in [0.1, 0.15) is 39.3 Å². The van der Waals surface area contributed by atoms with Crippen LogP contribution in [-0.4, -0.2) is 49.9 Å². The van der Waals surface area contributed by atoms with E-state index in [0.29, 0.717) is 21.5 Å². The summed E-state index contributed by atoms with van der Waals surface area (Å²) < 4.78 is 0. The van der Waals surface area contributed by atoms with Gasteiger partial charge in [-0.15, -0.1) is 23.7 Å². The van der Waals surface area contributed by atoms with Gasteiger partial charge in [-0.3, -0.25) is 9.59 Å². The third-order valence-corrected chi connectivity index (χ3v) is 6.83. The summed E-state index contributed by atoms with van der Waals surface area (Å²) in [6.45, 7) is 3.74. The quantitative estimate of drug-likeness (QED) is 0.825. The molecule has 1 spiro atoms. The van der Waals surface area contributed by atoms with E-state index in [-0.39, 0.29) is 24.2 Å². The number of carbonyl (C=O) groups excluding carboxylic acids is 2. The van der Waals surface area contributed by atoms with Crippen LogP contribution in [0.3, 0.4) is 0 Å². The number of amides is 2. The van der Waals surface area contributed by atoms with E-state index in [2.05, 4.69) is 5.32 Å². The molecule has 2 aliphatic rings. The van der Waals surface area contributed by atoms with Crippen molar-refractivity contribution in [2.75, 3.05) is 38.1 Å². The monoisotopic (exact) mass is 419 g/mol. The Morgan fingerprint density at radius 1 is 1.11 bits per heavy atom. The average molecular weight is 420 g/mol. The van der Waals surface area contributed by atoms with Gasteiger partial charge in [-0.25, -0.2) is 0 Å². The molecule has 0 saturated carbocycles. The topological polar surface area (TPSA) is 52.7 Å². The number of hydrogen-bond acceptors (Lipinski definition) is 4. The number of thiophene rings is 1. The van der Waals surface area contributed by atoms with E-state index in [1.807, 2.05) is 46.7 Å². The molecule has 2 saturated heterocycles. The molecule has 1 aromatic carbocycles. The number of halogens is 1. The number of rotatable bonds is 3. The third kappa shape index (κ3) is 3.95. The van der Waals surface area contributed by atoms with E-state index in [1.165, 1.54) is 17.8 Å². The van der Waals surface area contributed by atoms with Crippen LogP contribution in [0.5, 0.6) is 0 Å². The van der Waals surface area contributed by atoms with Crippen molar-refractivity contribution in [3.05, 3.63) is 52.2 Å². The first-order chi connectivity index (χ1) is 13.1. The van der Waals surface area contributed by atoms with Crippen LogP contribution < -0.4 is 10.2 Å². The highest BCUT2D eigenvalue weighted by Crippen LogP contribution is 2.37. The van der Waals surface area contributed by atoms with Gasteiger partial charge in [0.2, 0.25) is 0 Å².